The van der Waals surface area contributed by atoms with Gasteiger partial charge in [-0.2, -0.15) is 0 Å². The summed E-state index contributed by atoms with van der Waals surface area (Å²) < 4.78 is 47.6. The Kier molecular flexibility index (Phi) is 17.5. The van der Waals surface area contributed by atoms with Crippen molar-refractivity contribution in [2.75, 3.05) is 33.0 Å². The fourth-order valence-electron chi connectivity index (χ4n) is 16.4. The number of hydrogen-bond donors (Lipinski definition) is 15. The Balaban J connectivity index is 0.941. The second kappa shape index (κ2) is 22.4. The van der Waals surface area contributed by atoms with E-state index in [0.717, 1.165) is 6.42 Å². The van der Waals surface area contributed by atoms with Crippen LogP contribution in [0.15, 0.2) is 11.6 Å². The van der Waals surface area contributed by atoms with E-state index in [1.54, 1.807) is 0 Å². The number of rotatable bonds is 13. The summed E-state index contributed by atoms with van der Waals surface area (Å²) in [6, 6.07) is 0. The molecular weight excluding hydrogens is 1030 g/mol. The van der Waals surface area contributed by atoms with Crippen LogP contribution in [0.4, 0.5) is 0 Å². The normalized spacial score (nSPS) is 54.1. The molecule has 78 heavy (non-hydrogen) atoms. The third-order valence-corrected chi connectivity index (χ3v) is 21.6. The lowest BCUT2D eigenvalue weighted by Gasteiger charge is -2.71. The maximum atomic E-state index is 15.1. The zero-order valence-electron chi connectivity index (χ0n) is 45.4. The number of esters is 1. The first-order chi connectivity index (χ1) is 36.6. The standard InChI is InChI=1S/C54H88O24/c1-49(2)13-15-54(48(70)78-46-42(69)38(65)35(62)28(75-46)21-71-44-40(67)36(63)32(59)25(18-55)72-44)16-14-52(5)23(24(54)17-49)7-8-30-50(3)11-10-31(51(4,22-58)29(50)9-12-53(30,52)6)76-47-43(39(66)34(61)27(20-57)74-47)77-45-41(68)37(64)33(60)26(19-56)73-45/h7,24-47,55-69H,8-22H2,1-6H3/t24-,25+,26+,27+,28+,29+,30+,31-,32+,33+,34+,35+,36-,37-,38-,39-,40+,41+,42+,43+,44+,45-,46+,47-,50-,51-,52+,53+,54-/m0/s1. The van der Waals surface area contributed by atoms with E-state index in [1.807, 2.05) is 6.92 Å². The number of aliphatic hydroxyl groups excluding tert-OH is 15. The number of aliphatic hydroxyl groups is 15. The van der Waals surface area contributed by atoms with E-state index in [4.69, 9.17) is 37.9 Å². The number of carbonyl (C=O) groups is 1. The first-order valence-corrected chi connectivity index (χ1v) is 28.0. The Morgan fingerprint density at radius 2 is 1.08 bits per heavy atom. The molecule has 0 aromatic rings. The van der Waals surface area contributed by atoms with Crippen LogP contribution in [0.2, 0.25) is 0 Å². The molecule has 8 fully saturated rings. The summed E-state index contributed by atoms with van der Waals surface area (Å²) >= 11 is 0. The van der Waals surface area contributed by atoms with Gasteiger partial charge in [0, 0.05) is 5.41 Å². The molecule has 0 spiro atoms. The molecule has 9 rings (SSSR count). The second-order valence-electron chi connectivity index (χ2n) is 26.2. The molecule has 0 amide bonds. The lowest BCUT2D eigenvalue weighted by atomic mass is 9.33. The smallest absolute Gasteiger partial charge is 0.315 e. The van der Waals surface area contributed by atoms with Crippen molar-refractivity contribution in [2.24, 2.45) is 50.2 Å². The predicted molar refractivity (Wildman–Crippen MR) is 264 cm³/mol. The molecule has 0 bridgehead atoms. The summed E-state index contributed by atoms with van der Waals surface area (Å²) in [5.41, 5.74) is -2.07. The van der Waals surface area contributed by atoms with Gasteiger partial charge < -0.3 is 114 Å². The molecule has 15 N–H and O–H groups in total. The van der Waals surface area contributed by atoms with Gasteiger partial charge in [0.1, 0.15) is 97.7 Å². The van der Waals surface area contributed by atoms with E-state index < -0.39 is 178 Å². The van der Waals surface area contributed by atoms with Crippen molar-refractivity contribution in [3.8, 4) is 0 Å². The Labute approximate surface area is 453 Å². The van der Waals surface area contributed by atoms with Gasteiger partial charge in [0.05, 0.1) is 44.6 Å². The molecule has 4 saturated heterocycles. The van der Waals surface area contributed by atoms with Gasteiger partial charge in [0.2, 0.25) is 6.29 Å². The van der Waals surface area contributed by atoms with E-state index in [1.165, 1.54) is 5.57 Å². The number of allylic oxidation sites excluding steroid dienone is 2. The maximum Gasteiger partial charge on any atom is 0.315 e. The van der Waals surface area contributed by atoms with E-state index >= 15 is 4.79 Å². The van der Waals surface area contributed by atoms with Gasteiger partial charge in [0.15, 0.2) is 18.9 Å². The lowest BCUT2D eigenvalue weighted by molar-refractivity contribution is -0.379. The minimum absolute atomic E-state index is 0.0881. The highest BCUT2D eigenvalue weighted by Crippen LogP contribution is 2.76. The molecule has 5 aliphatic carbocycles. The summed E-state index contributed by atoms with van der Waals surface area (Å²) in [5.74, 6) is -0.932. The number of ether oxygens (including phenoxy) is 8. The van der Waals surface area contributed by atoms with Gasteiger partial charge in [-0.15, -0.1) is 0 Å². The average molecular weight is 1120 g/mol. The fourth-order valence-corrected chi connectivity index (χ4v) is 16.4. The molecule has 29 atom stereocenters. The summed E-state index contributed by atoms with van der Waals surface area (Å²) in [7, 11) is 0. The zero-order valence-corrected chi connectivity index (χ0v) is 45.4. The van der Waals surface area contributed by atoms with Crippen LogP contribution in [0, 0.1) is 50.2 Å². The van der Waals surface area contributed by atoms with Crippen LogP contribution in [0.3, 0.4) is 0 Å². The molecule has 0 unspecified atom stereocenters. The summed E-state index contributed by atoms with van der Waals surface area (Å²) in [5, 5.41) is 160. The molecule has 448 valence electrons. The van der Waals surface area contributed by atoms with Crippen molar-refractivity contribution in [3.05, 3.63) is 11.6 Å². The zero-order chi connectivity index (χ0) is 57.0. The van der Waals surface area contributed by atoms with Crippen LogP contribution in [-0.4, -0.2) is 245 Å². The van der Waals surface area contributed by atoms with Crippen LogP contribution in [0.25, 0.3) is 0 Å². The molecule has 4 saturated carbocycles. The van der Waals surface area contributed by atoms with Gasteiger partial charge in [0.25, 0.3) is 0 Å². The minimum atomic E-state index is -1.86. The predicted octanol–water partition coefficient (Wildman–Crippen LogP) is -3.06. The maximum absolute atomic E-state index is 15.1. The summed E-state index contributed by atoms with van der Waals surface area (Å²) in [4.78, 5) is 15.1. The molecule has 0 radical (unpaired) electrons. The minimum Gasteiger partial charge on any atom is -0.432 e. The molecular formula is C54H88O24. The van der Waals surface area contributed by atoms with Crippen LogP contribution in [0.5, 0.6) is 0 Å². The molecule has 24 nitrogen and oxygen atoms in total. The molecule has 9 aliphatic rings. The van der Waals surface area contributed by atoms with Crippen LogP contribution >= 0.6 is 0 Å². The van der Waals surface area contributed by atoms with Gasteiger partial charge in [-0.1, -0.05) is 53.2 Å². The average Bonchev–Trinajstić information content (AvgIpc) is 3.60. The van der Waals surface area contributed by atoms with Crippen molar-refractivity contribution in [2.45, 2.75) is 235 Å². The van der Waals surface area contributed by atoms with E-state index in [9.17, 15) is 76.6 Å². The molecule has 4 aliphatic heterocycles. The van der Waals surface area contributed by atoms with Gasteiger partial charge in [-0.25, -0.2) is 0 Å². The topological polar surface area (TPSA) is 394 Å². The lowest BCUT2D eigenvalue weighted by Crippen LogP contribution is -2.68. The Morgan fingerprint density at radius 3 is 1.68 bits per heavy atom. The van der Waals surface area contributed by atoms with Crippen molar-refractivity contribution in [1.82, 2.24) is 0 Å². The van der Waals surface area contributed by atoms with Crippen molar-refractivity contribution >= 4 is 5.97 Å². The van der Waals surface area contributed by atoms with Crippen LogP contribution < -0.4 is 0 Å². The number of carbonyl (C=O) groups excluding carboxylic acids is 1. The van der Waals surface area contributed by atoms with E-state index in [0.29, 0.717) is 57.8 Å². The number of fused-ring (bicyclic) bond motifs is 7. The molecule has 0 aromatic heterocycles. The van der Waals surface area contributed by atoms with Crippen molar-refractivity contribution in [3.63, 3.8) is 0 Å². The quantitative estimate of drug-likeness (QED) is 0.0494. The Bertz CT molecular complexity index is 2130. The highest BCUT2D eigenvalue weighted by atomic mass is 16.8. The summed E-state index contributed by atoms with van der Waals surface area (Å²) in [6.07, 6.45) is -25.3. The third-order valence-electron chi connectivity index (χ3n) is 21.6. The first-order valence-electron chi connectivity index (χ1n) is 28.0. The third kappa shape index (κ3) is 9.86. The Hall–Kier alpha value is -1.67. The van der Waals surface area contributed by atoms with Crippen LogP contribution in [0.1, 0.15) is 106 Å². The van der Waals surface area contributed by atoms with Crippen molar-refractivity contribution in [1.29, 1.82) is 0 Å². The van der Waals surface area contributed by atoms with Gasteiger partial charge >= 0.3 is 5.97 Å². The van der Waals surface area contributed by atoms with Crippen molar-refractivity contribution < 1.29 is 119 Å². The van der Waals surface area contributed by atoms with E-state index in [2.05, 4.69) is 40.7 Å². The Morgan fingerprint density at radius 1 is 0.551 bits per heavy atom. The SMILES string of the molecule is CC1(C)CC[C@]2(C(=O)O[C@H]3O[C@H](CO[C@@H]4O[C@H](CO)[C@@H](O)[C@H](O)[C@H]4O)[C@@H](O)[C@H](O)[C@H]3O)CC[C@]3(C)C(=CC[C@@H]4[C@@]5(C)CC[C@H](O[C@@H]6O[C@H](CO)[C@@H](O)[C@H](O)[C@H]6O[C@@H]6O[C@H](CO)[C@@H](O)[C@H](O)[C@H]6O)[C@@](C)(CO)[C@@H]5CC[C@]43C)[C@@H]2C1. The number of hydrogen-bond acceptors (Lipinski definition) is 24. The van der Waals surface area contributed by atoms with Gasteiger partial charge in [-0.05, 0) is 104 Å². The highest BCUT2D eigenvalue weighted by molar-refractivity contribution is 5.79. The fraction of sp³-hybridized carbons (Fsp3) is 0.944. The van der Waals surface area contributed by atoms with Gasteiger partial charge in [-0.3, -0.25) is 4.79 Å². The molecule has 24 heteroatoms. The molecule has 0 aromatic carbocycles. The molecule has 4 heterocycles. The highest BCUT2D eigenvalue weighted by Gasteiger charge is 2.71. The summed E-state index contributed by atoms with van der Waals surface area (Å²) in [6.45, 7) is 10.2. The second-order valence-corrected chi connectivity index (χ2v) is 26.2. The largest absolute Gasteiger partial charge is 0.432 e. The van der Waals surface area contributed by atoms with E-state index in [-0.39, 0.29) is 40.6 Å². The van der Waals surface area contributed by atoms with Crippen LogP contribution in [-0.2, 0) is 42.7 Å². The first kappa shape index (κ1) is 60.9. The monoisotopic (exact) mass is 1120 g/mol.